The zero-order valence-electron chi connectivity index (χ0n) is 9.09. The van der Waals surface area contributed by atoms with Crippen LogP contribution in [0.1, 0.15) is 12.8 Å². The monoisotopic (exact) mass is 231 g/mol. The molecular formula is C10H17NO5. The van der Waals surface area contributed by atoms with Gasteiger partial charge in [0.1, 0.15) is 13.2 Å². The van der Waals surface area contributed by atoms with Gasteiger partial charge in [-0.3, -0.25) is 4.79 Å². The van der Waals surface area contributed by atoms with E-state index in [1.165, 1.54) is 0 Å². The lowest BCUT2D eigenvalue weighted by Gasteiger charge is -2.15. The van der Waals surface area contributed by atoms with Crippen LogP contribution in [0.3, 0.4) is 0 Å². The van der Waals surface area contributed by atoms with Crippen LogP contribution in [0.2, 0.25) is 0 Å². The van der Waals surface area contributed by atoms with Gasteiger partial charge in [0.05, 0.1) is 0 Å². The molecule has 0 radical (unpaired) electrons. The Morgan fingerprint density at radius 1 is 1.38 bits per heavy atom. The van der Waals surface area contributed by atoms with Crippen molar-refractivity contribution in [1.29, 1.82) is 0 Å². The first kappa shape index (κ1) is 12.9. The van der Waals surface area contributed by atoms with E-state index in [2.05, 4.69) is 0 Å². The molecule has 92 valence electrons. The molecule has 1 heterocycles. The third kappa shape index (κ3) is 4.16. The zero-order chi connectivity index (χ0) is 12.0. The van der Waals surface area contributed by atoms with Crippen molar-refractivity contribution in [3.63, 3.8) is 0 Å². The van der Waals surface area contributed by atoms with Gasteiger partial charge in [-0.25, -0.2) is 4.79 Å². The Labute approximate surface area is 93.8 Å². The number of nitrogens with zero attached hydrogens (tertiary/aromatic N) is 1. The maximum atomic E-state index is 11.5. The molecule has 0 aliphatic carbocycles. The molecule has 1 rings (SSSR count). The summed E-state index contributed by atoms with van der Waals surface area (Å²) in [7, 11) is 0. The predicted molar refractivity (Wildman–Crippen MR) is 54.8 cm³/mol. The van der Waals surface area contributed by atoms with Gasteiger partial charge in [-0.2, -0.15) is 0 Å². The van der Waals surface area contributed by atoms with Crippen LogP contribution in [0.5, 0.6) is 0 Å². The fourth-order valence-corrected chi connectivity index (χ4v) is 1.79. The van der Waals surface area contributed by atoms with Crippen molar-refractivity contribution < 1.29 is 24.5 Å². The summed E-state index contributed by atoms with van der Waals surface area (Å²) in [5, 5.41) is 17.1. The van der Waals surface area contributed by atoms with Crippen LogP contribution in [0.25, 0.3) is 0 Å². The fourth-order valence-electron chi connectivity index (χ4n) is 1.79. The van der Waals surface area contributed by atoms with Crippen LogP contribution in [0, 0.1) is 5.92 Å². The van der Waals surface area contributed by atoms with Crippen molar-refractivity contribution in [2.24, 2.45) is 5.92 Å². The second-order valence-electron chi connectivity index (χ2n) is 3.89. The molecule has 1 fully saturated rings. The first-order valence-electron chi connectivity index (χ1n) is 5.31. The lowest BCUT2D eigenvalue weighted by molar-refractivity contribution is -0.145. The van der Waals surface area contributed by atoms with Gasteiger partial charge in [0.2, 0.25) is 5.91 Å². The molecule has 0 bridgehead atoms. The minimum Gasteiger partial charge on any atom is -0.480 e. The zero-order valence-corrected chi connectivity index (χ0v) is 9.09. The van der Waals surface area contributed by atoms with Crippen molar-refractivity contribution in [3.8, 4) is 0 Å². The maximum Gasteiger partial charge on any atom is 0.329 e. The van der Waals surface area contributed by atoms with Crippen LogP contribution in [-0.2, 0) is 14.3 Å². The number of ether oxygens (including phenoxy) is 1. The molecule has 0 aromatic heterocycles. The molecule has 0 saturated carbocycles. The molecule has 0 aromatic rings. The van der Waals surface area contributed by atoms with Gasteiger partial charge < -0.3 is 19.8 Å². The van der Waals surface area contributed by atoms with Crippen molar-refractivity contribution in [1.82, 2.24) is 4.90 Å². The Hall–Kier alpha value is -1.14. The summed E-state index contributed by atoms with van der Waals surface area (Å²) in [6.45, 7) is 0.815. The summed E-state index contributed by atoms with van der Waals surface area (Å²) in [4.78, 5) is 23.3. The van der Waals surface area contributed by atoms with Crippen LogP contribution in [-0.4, -0.2) is 59.9 Å². The Balaban J connectivity index is 2.20. The van der Waals surface area contributed by atoms with Gasteiger partial charge in [-0.1, -0.05) is 0 Å². The number of rotatable bonds is 6. The number of carboxylic acid groups (broad SMARTS) is 1. The fraction of sp³-hybridized carbons (Fsp3) is 0.800. The van der Waals surface area contributed by atoms with E-state index in [0.717, 1.165) is 6.42 Å². The molecule has 1 saturated heterocycles. The number of hydrogen-bond acceptors (Lipinski definition) is 4. The van der Waals surface area contributed by atoms with Gasteiger partial charge >= 0.3 is 5.97 Å². The van der Waals surface area contributed by atoms with Gasteiger partial charge in [-0.05, 0) is 18.8 Å². The molecule has 6 heteroatoms. The highest BCUT2D eigenvalue weighted by Gasteiger charge is 2.25. The number of amides is 1. The summed E-state index contributed by atoms with van der Waals surface area (Å²) < 4.78 is 4.72. The molecule has 1 amide bonds. The minimum atomic E-state index is -1.08. The minimum absolute atomic E-state index is 0.141. The predicted octanol–water partition coefficient (Wildman–Crippen LogP) is -0.681. The third-order valence-corrected chi connectivity index (χ3v) is 2.63. The highest BCUT2D eigenvalue weighted by Crippen LogP contribution is 2.18. The highest BCUT2D eigenvalue weighted by molar-refractivity contribution is 5.78. The van der Waals surface area contributed by atoms with E-state index in [-0.39, 0.29) is 19.1 Å². The Morgan fingerprint density at radius 3 is 2.75 bits per heavy atom. The number of aliphatic carboxylic acids is 1. The quantitative estimate of drug-likeness (QED) is 0.632. The second-order valence-corrected chi connectivity index (χ2v) is 3.89. The summed E-state index contributed by atoms with van der Waals surface area (Å²) in [6.07, 6.45) is 1.60. The maximum absolute atomic E-state index is 11.5. The molecule has 2 N–H and O–H groups in total. The van der Waals surface area contributed by atoms with E-state index in [4.69, 9.17) is 14.9 Å². The SMILES string of the molecule is O=C(O)COCC(=O)N1CCC(CCO)C1. The number of likely N-dealkylation sites (tertiary alicyclic amines) is 1. The smallest absolute Gasteiger partial charge is 0.329 e. The average molecular weight is 231 g/mol. The van der Waals surface area contributed by atoms with Crippen LogP contribution >= 0.6 is 0 Å². The Morgan fingerprint density at radius 2 is 2.12 bits per heavy atom. The van der Waals surface area contributed by atoms with Crippen LogP contribution < -0.4 is 0 Å². The van der Waals surface area contributed by atoms with Crippen molar-refractivity contribution >= 4 is 11.9 Å². The van der Waals surface area contributed by atoms with Crippen molar-refractivity contribution in [3.05, 3.63) is 0 Å². The standard InChI is InChI=1S/C10H17NO5/c12-4-2-8-1-3-11(5-8)9(13)6-16-7-10(14)15/h8,12H,1-7H2,(H,14,15). The number of hydrogen-bond donors (Lipinski definition) is 2. The normalized spacial score (nSPS) is 20.1. The first-order chi connectivity index (χ1) is 7.63. The molecule has 16 heavy (non-hydrogen) atoms. The van der Waals surface area contributed by atoms with E-state index in [1.807, 2.05) is 0 Å². The van der Waals surface area contributed by atoms with E-state index in [9.17, 15) is 9.59 Å². The molecule has 1 aliphatic rings. The number of carbonyl (C=O) groups is 2. The summed E-state index contributed by atoms with van der Waals surface area (Å²) >= 11 is 0. The summed E-state index contributed by atoms with van der Waals surface area (Å²) in [5.74, 6) is -0.900. The largest absolute Gasteiger partial charge is 0.480 e. The highest BCUT2D eigenvalue weighted by atomic mass is 16.5. The first-order valence-corrected chi connectivity index (χ1v) is 5.31. The lowest BCUT2D eigenvalue weighted by Crippen LogP contribution is -2.32. The number of carboxylic acids is 1. The van der Waals surface area contributed by atoms with Gasteiger partial charge in [0, 0.05) is 19.7 Å². The number of carbonyl (C=O) groups excluding carboxylic acids is 1. The number of aliphatic hydroxyl groups is 1. The average Bonchev–Trinajstić information content (AvgIpc) is 2.66. The third-order valence-electron chi connectivity index (χ3n) is 2.63. The summed E-state index contributed by atoms with van der Waals surface area (Å²) in [6, 6.07) is 0. The van der Waals surface area contributed by atoms with Crippen LogP contribution in [0.15, 0.2) is 0 Å². The van der Waals surface area contributed by atoms with E-state index >= 15 is 0 Å². The molecule has 6 nitrogen and oxygen atoms in total. The molecule has 0 spiro atoms. The Kier molecular flexibility index (Phi) is 5.21. The second kappa shape index (κ2) is 6.44. The lowest BCUT2D eigenvalue weighted by atomic mass is 10.1. The van der Waals surface area contributed by atoms with E-state index in [0.29, 0.717) is 25.4 Å². The van der Waals surface area contributed by atoms with E-state index < -0.39 is 12.6 Å². The van der Waals surface area contributed by atoms with Gasteiger partial charge in [-0.15, -0.1) is 0 Å². The molecule has 1 aliphatic heterocycles. The van der Waals surface area contributed by atoms with Crippen molar-refractivity contribution in [2.45, 2.75) is 12.8 Å². The summed E-state index contributed by atoms with van der Waals surface area (Å²) in [5.41, 5.74) is 0. The van der Waals surface area contributed by atoms with Crippen molar-refractivity contribution in [2.75, 3.05) is 32.9 Å². The molecule has 1 atom stereocenters. The van der Waals surface area contributed by atoms with Crippen LogP contribution in [0.4, 0.5) is 0 Å². The molecule has 0 aromatic carbocycles. The number of aliphatic hydroxyl groups excluding tert-OH is 1. The molecule has 1 unspecified atom stereocenters. The van der Waals surface area contributed by atoms with Gasteiger partial charge in [0.25, 0.3) is 0 Å². The van der Waals surface area contributed by atoms with E-state index in [1.54, 1.807) is 4.90 Å². The molecular weight excluding hydrogens is 214 g/mol. The van der Waals surface area contributed by atoms with Gasteiger partial charge in [0.15, 0.2) is 0 Å². The topological polar surface area (TPSA) is 87.1 Å². The Bertz CT molecular complexity index is 256.